The highest BCUT2D eigenvalue weighted by Gasteiger charge is 2.26. The number of aromatic amines is 1. The Morgan fingerprint density at radius 1 is 0.969 bits per heavy atom. The molecule has 0 amide bonds. The van der Waals surface area contributed by atoms with Gasteiger partial charge in [-0.1, -0.05) is 48.0 Å². The van der Waals surface area contributed by atoms with Crippen molar-refractivity contribution in [3.8, 4) is 11.5 Å². The molecule has 3 aromatic carbocycles. The second kappa shape index (κ2) is 8.71. The van der Waals surface area contributed by atoms with Crippen LogP contribution in [0.1, 0.15) is 39.6 Å². The molecule has 164 valence electrons. The van der Waals surface area contributed by atoms with Crippen LogP contribution in [0.3, 0.4) is 0 Å². The maximum atomic E-state index is 6.07. The zero-order valence-electron chi connectivity index (χ0n) is 19.0. The van der Waals surface area contributed by atoms with Gasteiger partial charge in [0.05, 0.1) is 19.8 Å². The van der Waals surface area contributed by atoms with E-state index in [4.69, 9.17) is 9.47 Å². The molecule has 4 aromatic rings. The average Bonchev–Trinajstić information content (AvgIpc) is 3.19. The summed E-state index contributed by atoms with van der Waals surface area (Å²) in [6.45, 7) is 5.93. The van der Waals surface area contributed by atoms with Gasteiger partial charge in [0.15, 0.2) is 11.5 Å². The van der Waals surface area contributed by atoms with E-state index >= 15 is 0 Å². The molecule has 0 radical (unpaired) electrons. The molecule has 1 atom stereocenters. The van der Waals surface area contributed by atoms with Crippen LogP contribution < -0.4 is 14.8 Å². The molecule has 32 heavy (non-hydrogen) atoms. The lowest BCUT2D eigenvalue weighted by molar-refractivity contribution is 0.297. The molecule has 1 unspecified atom stereocenters. The molecule has 0 fully saturated rings. The van der Waals surface area contributed by atoms with Crippen molar-refractivity contribution in [2.24, 2.45) is 0 Å². The minimum absolute atomic E-state index is 0.109. The number of H-pyrrole nitrogens is 1. The molecule has 2 heterocycles. The molecule has 1 aliphatic heterocycles. The van der Waals surface area contributed by atoms with Crippen molar-refractivity contribution in [3.05, 3.63) is 94.2 Å². The zero-order valence-corrected chi connectivity index (χ0v) is 19.0. The molecule has 1 aliphatic rings. The van der Waals surface area contributed by atoms with E-state index in [1.165, 1.54) is 44.4 Å². The fourth-order valence-electron chi connectivity index (χ4n) is 4.88. The second-order valence-corrected chi connectivity index (χ2v) is 8.65. The number of methoxy groups -OCH3 is 1. The standard InChI is InChI=1S/C28H30N2O2/c1-18-15-19(2)26-23(16-18)22-11-13-29-27(28(22)30-26)21-9-10-24(25(17-21)31-3)32-14-12-20-7-5-4-6-8-20/h4-10,15-17,27,29-30H,11-14H2,1-3H3. The number of hydrogen-bond acceptors (Lipinski definition) is 3. The summed E-state index contributed by atoms with van der Waals surface area (Å²) in [6.07, 6.45) is 1.90. The first-order valence-electron chi connectivity index (χ1n) is 11.3. The summed E-state index contributed by atoms with van der Waals surface area (Å²) < 4.78 is 11.8. The summed E-state index contributed by atoms with van der Waals surface area (Å²) in [4.78, 5) is 3.73. The Balaban J connectivity index is 1.41. The molecule has 2 N–H and O–H groups in total. The Bertz CT molecular complexity index is 1240. The Kier molecular flexibility index (Phi) is 5.62. The van der Waals surface area contributed by atoms with Crippen LogP contribution in [0.5, 0.6) is 11.5 Å². The van der Waals surface area contributed by atoms with Crippen LogP contribution in [0.15, 0.2) is 60.7 Å². The molecule has 4 heteroatoms. The van der Waals surface area contributed by atoms with Gasteiger partial charge in [-0.15, -0.1) is 0 Å². The number of aromatic nitrogens is 1. The van der Waals surface area contributed by atoms with Gasteiger partial charge in [0.25, 0.3) is 0 Å². The van der Waals surface area contributed by atoms with Gasteiger partial charge in [0.2, 0.25) is 0 Å². The van der Waals surface area contributed by atoms with Crippen LogP contribution in [-0.4, -0.2) is 25.2 Å². The summed E-state index contributed by atoms with van der Waals surface area (Å²) in [7, 11) is 1.71. The van der Waals surface area contributed by atoms with Gasteiger partial charge in [0.1, 0.15) is 0 Å². The lowest BCUT2D eigenvalue weighted by Gasteiger charge is -2.25. The third-order valence-electron chi connectivity index (χ3n) is 6.41. The van der Waals surface area contributed by atoms with Crippen LogP contribution in [0.4, 0.5) is 0 Å². The maximum Gasteiger partial charge on any atom is 0.161 e. The Morgan fingerprint density at radius 3 is 2.62 bits per heavy atom. The number of rotatable bonds is 6. The largest absolute Gasteiger partial charge is 0.493 e. The SMILES string of the molecule is COc1cc(C2NCCc3c2[nH]c2c(C)cc(C)cc32)ccc1OCCc1ccccc1. The van der Waals surface area contributed by atoms with Crippen LogP contribution in [0, 0.1) is 13.8 Å². The minimum Gasteiger partial charge on any atom is -0.493 e. The molecule has 4 nitrogen and oxygen atoms in total. The third-order valence-corrected chi connectivity index (χ3v) is 6.41. The maximum absolute atomic E-state index is 6.07. The van der Waals surface area contributed by atoms with E-state index in [0.29, 0.717) is 6.61 Å². The van der Waals surface area contributed by atoms with Crippen LogP contribution in [0.2, 0.25) is 0 Å². The van der Waals surface area contributed by atoms with E-state index in [-0.39, 0.29) is 6.04 Å². The summed E-state index contributed by atoms with van der Waals surface area (Å²) >= 11 is 0. The van der Waals surface area contributed by atoms with Crippen molar-refractivity contribution >= 4 is 10.9 Å². The summed E-state index contributed by atoms with van der Waals surface area (Å²) in [5, 5.41) is 5.05. The van der Waals surface area contributed by atoms with Crippen molar-refractivity contribution in [2.75, 3.05) is 20.3 Å². The molecule has 0 saturated heterocycles. The number of ether oxygens (including phenoxy) is 2. The smallest absolute Gasteiger partial charge is 0.161 e. The molecular weight excluding hydrogens is 396 g/mol. The van der Waals surface area contributed by atoms with Gasteiger partial charge < -0.3 is 19.8 Å². The number of hydrogen-bond donors (Lipinski definition) is 2. The van der Waals surface area contributed by atoms with Gasteiger partial charge in [-0.2, -0.15) is 0 Å². The molecule has 5 rings (SSSR count). The molecule has 0 aliphatic carbocycles. The number of fused-ring (bicyclic) bond motifs is 3. The summed E-state index contributed by atoms with van der Waals surface area (Å²) in [5.41, 5.74) is 9.00. The van der Waals surface area contributed by atoms with Crippen molar-refractivity contribution in [1.29, 1.82) is 0 Å². The Morgan fingerprint density at radius 2 is 1.81 bits per heavy atom. The van der Waals surface area contributed by atoms with Gasteiger partial charge in [-0.25, -0.2) is 0 Å². The first-order valence-corrected chi connectivity index (χ1v) is 11.3. The van der Waals surface area contributed by atoms with Gasteiger partial charge in [-0.05, 0) is 60.7 Å². The molecule has 0 bridgehead atoms. The van der Waals surface area contributed by atoms with Crippen molar-refractivity contribution < 1.29 is 9.47 Å². The topological polar surface area (TPSA) is 46.3 Å². The normalized spacial score (nSPS) is 15.5. The zero-order chi connectivity index (χ0) is 22.1. The van der Waals surface area contributed by atoms with Crippen molar-refractivity contribution in [3.63, 3.8) is 0 Å². The predicted molar refractivity (Wildman–Crippen MR) is 130 cm³/mol. The van der Waals surface area contributed by atoms with E-state index in [2.05, 4.69) is 72.7 Å². The highest BCUT2D eigenvalue weighted by molar-refractivity contribution is 5.88. The number of nitrogens with one attached hydrogen (secondary N) is 2. The minimum atomic E-state index is 0.109. The van der Waals surface area contributed by atoms with E-state index < -0.39 is 0 Å². The molecule has 1 aromatic heterocycles. The van der Waals surface area contributed by atoms with Gasteiger partial charge in [0, 0.05) is 29.6 Å². The van der Waals surface area contributed by atoms with Crippen molar-refractivity contribution in [2.45, 2.75) is 32.7 Å². The van der Waals surface area contributed by atoms with Crippen LogP contribution >= 0.6 is 0 Å². The monoisotopic (exact) mass is 426 g/mol. The van der Waals surface area contributed by atoms with Gasteiger partial charge >= 0.3 is 0 Å². The lowest BCUT2D eigenvalue weighted by atomic mass is 9.93. The Hall–Kier alpha value is -3.24. The van der Waals surface area contributed by atoms with Crippen molar-refractivity contribution in [1.82, 2.24) is 10.3 Å². The number of aryl methyl sites for hydroxylation is 2. The predicted octanol–water partition coefficient (Wildman–Crippen LogP) is 5.65. The first kappa shape index (κ1) is 20.7. The van der Waals surface area contributed by atoms with Gasteiger partial charge in [-0.3, -0.25) is 0 Å². The van der Waals surface area contributed by atoms with Crippen LogP contribution in [0.25, 0.3) is 10.9 Å². The van der Waals surface area contributed by atoms with E-state index in [1.807, 2.05) is 12.1 Å². The third kappa shape index (κ3) is 3.87. The Labute approximate surface area is 189 Å². The fraction of sp³-hybridized carbons (Fsp3) is 0.286. The molecular formula is C28H30N2O2. The van der Waals surface area contributed by atoms with E-state index in [0.717, 1.165) is 30.9 Å². The average molecular weight is 427 g/mol. The van der Waals surface area contributed by atoms with Crippen LogP contribution in [-0.2, 0) is 12.8 Å². The lowest BCUT2D eigenvalue weighted by Crippen LogP contribution is -2.30. The van der Waals surface area contributed by atoms with E-state index in [1.54, 1.807) is 7.11 Å². The highest BCUT2D eigenvalue weighted by Crippen LogP contribution is 2.38. The quantitative estimate of drug-likeness (QED) is 0.419. The highest BCUT2D eigenvalue weighted by atomic mass is 16.5. The second-order valence-electron chi connectivity index (χ2n) is 8.65. The number of benzene rings is 3. The fourth-order valence-corrected chi connectivity index (χ4v) is 4.88. The first-order chi connectivity index (χ1) is 15.6. The summed E-state index contributed by atoms with van der Waals surface area (Å²) in [6, 6.07) is 21.4. The van der Waals surface area contributed by atoms with E-state index in [9.17, 15) is 0 Å². The molecule has 0 saturated carbocycles. The summed E-state index contributed by atoms with van der Waals surface area (Å²) in [5.74, 6) is 1.55. The molecule has 0 spiro atoms.